The average molecular weight is 332 g/mol. The van der Waals surface area contributed by atoms with Crippen molar-refractivity contribution < 1.29 is 9.53 Å². The van der Waals surface area contributed by atoms with Gasteiger partial charge in [-0.3, -0.25) is 9.78 Å². The molecule has 1 heterocycles. The lowest BCUT2D eigenvalue weighted by molar-refractivity contribution is 0.0952. The average Bonchev–Trinajstić information content (AvgIpc) is 2.70. The number of carbonyl (C=O) groups excluding carboxylic acids is 1. The van der Waals surface area contributed by atoms with Gasteiger partial charge in [-0.2, -0.15) is 0 Å². The zero-order valence-electron chi connectivity index (χ0n) is 14.1. The van der Waals surface area contributed by atoms with Gasteiger partial charge in [0.25, 0.3) is 5.91 Å². The molecular weight excluding hydrogens is 312 g/mol. The van der Waals surface area contributed by atoms with Crippen LogP contribution in [0.2, 0.25) is 0 Å². The van der Waals surface area contributed by atoms with E-state index in [0.29, 0.717) is 12.1 Å². The van der Waals surface area contributed by atoms with Gasteiger partial charge in [0.1, 0.15) is 5.75 Å². The summed E-state index contributed by atoms with van der Waals surface area (Å²) in [7, 11) is 1.60. The lowest BCUT2D eigenvalue weighted by atomic mass is 9.95. The molecule has 1 atom stereocenters. The monoisotopic (exact) mass is 332 g/mol. The molecule has 0 saturated carbocycles. The summed E-state index contributed by atoms with van der Waals surface area (Å²) in [6.45, 7) is 0.478. The van der Waals surface area contributed by atoms with Crippen molar-refractivity contribution in [1.82, 2.24) is 10.3 Å². The number of rotatable bonds is 6. The second-order valence-corrected chi connectivity index (χ2v) is 5.66. The molecule has 0 bridgehead atoms. The molecule has 0 saturated heterocycles. The maximum absolute atomic E-state index is 12.4. The van der Waals surface area contributed by atoms with Gasteiger partial charge in [0.2, 0.25) is 0 Å². The summed E-state index contributed by atoms with van der Waals surface area (Å²) in [5, 5.41) is 3.01. The highest BCUT2D eigenvalue weighted by Crippen LogP contribution is 2.22. The molecule has 0 fully saturated rings. The predicted molar refractivity (Wildman–Crippen MR) is 97.8 cm³/mol. The number of benzene rings is 2. The Morgan fingerprint density at radius 3 is 2.36 bits per heavy atom. The Hall–Kier alpha value is -3.14. The molecule has 1 aromatic heterocycles. The third-order valence-electron chi connectivity index (χ3n) is 4.07. The first-order valence-electron chi connectivity index (χ1n) is 8.16. The number of carbonyl (C=O) groups is 1. The number of pyridine rings is 1. The van der Waals surface area contributed by atoms with Crippen LogP contribution in [0.15, 0.2) is 79.0 Å². The Labute approximate surface area is 147 Å². The standard InChI is InChI=1S/C21H20N2O2/c1-25-18-12-10-17(11-13-18)21(24)23-15-19(16-7-3-2-4-8-16)20-9-5-6-14-22-20/h2-14,19H,15H2,1H3,(H,23,24). The first-order chi connectivity index (χ1) is 12.3. The first kappa shape index (κ1) is 16.7. The molecule has 126 valence electrons. The number of hydrogen-bond donors (Lipinski definition) is 1. The molecule has 0 aliphatic heterocycles. The summed E-state index contributed by atoms with van der Waals surface area (Å²) in [5.74, 6) is 0.622. The van der Waals surface area contributed by atoms with Crippen LogP contribution in [-0.4, -0.2) is 24.5 Å². The zero-order chi connectivity index (χ0) is 17.5. The third kappa shape index (κ3) is 4.23. The Morgan fingerprint density at radius 2 is 1.72 bits per heavy atom. The van der Waals surface area contributed by atoms with Crippen LogP contribution in [0.3, 0.4) is 0 Å². The van der Waals surface area contributed by atoms with Crippen molar-refractivity contribution in [2.24, 2.45) is 0 Å². The van der Waals surface area contributed by atoms with E-state index in [1.54, 1.807) is 37.6 Å². The predicted octanol–water partition coefficient (Wildman–Crippen LogP) is 3.65. The second kappa shape index (κ2) is 8.11. The Morgan fingerprint density at radius 1 is 1.00 bits per heavy atom. The highest BCUT2D eigenvalue weighted by molar-refractivity contribution is 5.94. The van der Waals surface area contributed by atoms with Gasteiger partial charge in [-0.25, -0.2) is 0 Å². The zero-order valence-corrected chi connectivity index (χ0v) is 14.1. The van der Waals surface area contributed by atoms with E-state index >= 15 is 0 Å². The van der Waals surface area contributed by atoms with Crippen molar-refractivity contribution in [2.45, 2.75) is 5.92 Å². The fraction of sp³-hybridized carbons (Fsp3) is 0.143. The minimum absolute atomic E-state index is 0.00426. The molecular formula is C21H20N2O2. The van der Waals surface area contributed by atoms with Gasteiger partial charge in [0.15, 0.2) is 0 Å². The number of aromatic nitrogens is 1. The summed E-state index contributed by atoms with van der Waals surface area (Å²) in [5.41, 5.74) is 2.66. The number of methoxy groups -OCH3 is 1. The van der Waals surface area contributed by atoms with E-state index in [9.17, 15) is 4.79 Å². The van der Waals surface area contributed by atoms with Crippen molar-refractivity contribution in [1.29, 1.82) is 0 Å². The highest BCUT2D eigenvalue weighted by atomic mass is 16.5. The fourth-order valence-corrected chi connectivity index (χ4v) is 2.70. The Kier molecular flexibility index (Phi) is 5.42. The van der Waals surface area contributed by atoms with Crippen molar-refractivity contribution in [3.05, 3.63) is 95.8 Å². The van der Waals surface area contributed by atoms with Gasteiger partial charge in [-0.05, 0) is 42.0 Å². The van der Waals surface area contributed by atoms with Crippen LogP contribution in [0.4, 0.5) is 0 Å². The Bertz CT molecular complexity index is 763. The SMILES string of the molecule is COc1ccc(C(=O)NCC(c2ccccc2)c2ccccn2)cc1. The van der Waals surface area contributed by atoms with Gasteiger partial charge in [0, 0.05) is 29.9 Å². The van der Waals surface area contributed by atoms with Crippen LogP contribution >= 0.6 is 0 Å². The summed E-state index contributed by atoms with van der Waals surface area (Å²) in [6, 6.07) is 23.0. The number of nitrogens with zero attached hydrogens (tertiary/aromatic N) is 1. The van der Waals surface area contributed by atoms with E-state index in [0.717, 1.165) is 17.0 Å². The Balaban J connectivity index is 1.75. The van der Waals surface area contributed by atoms with Crippen molar-refractivity contribution in [3.63, 3.8) is 0 Å². The molecule has 1 N–H and O–H groups in total. The molecule has 0 radical (unpaired) electrons. The molecule has 3 aromatic rings. The quantitative estimate of drug-likeness (QED) is 0.749. The topological polar surface area (TPSA) is 51.2 Å². The third-order valence-corrected chi connectivity index (χ3v) is 4.07. The smallest absolute Gasteiger partial charge is 0.251 e. The van der Waals surface area contributed by atoms with E-state index < -0.39 is 0 Å². The molecule has 2 aromatic carbocycles. The number of nitrogens with one attached hydrogen (secondary N) is 1. The highest BCUT2D eigenvalue weighted by Gasteiger charge is 2.17. The molecule has 0 aliphatic rings. The maximum atomic E-state index is 12.4. The molecule has 0 aliphatic carbocycles. The summed E-state index contributed by atoms with van der Waals surface area (Å²) in [6.07, 6.45) is 1.77. The normalized spacial score (nSPS) is 11.6. The van der Waals surface area contributed by atoms with E-state index in [1.165, 1.54) is 0 Å². The van der Waals surface area contributed by atoms with Gasteiger partial charge in [-0.15, -0.1) is 0 Å². The second-order valence-electron chi connectivity index (χ2n) is 5.66. The summed E-state index contributed by atoms with van der Waals surface area (Å²) in [4.78, 5) is 16.9. The fourth-order valence-electron chi connectivity index (χ4n) is 2.70. The van der Waals surface area contributed by atoms with Gasteiger partial charge in [-0.1, -0.05) is 36.4 Å². The minimum atomic E-state index is -0.112. The molecule has 4 nitrogen and oxygen atoms in total. The summed E-state index contributed by atoms with van der Waals surface area (Å²) >= 11 is 0. The molecule has 0 spiro atoms. The van der Waals surface area contributed by atoms with Crippen LogP contribution in [0, 0.1) is 0 Å². The number of amides is 1. The van der Waals surface area contributed by atoms with Crippen molar-refractivity contribution in [3.8, 4) is 5.75 Å². The lowest BCUT2D eigenvalue weighted by Crippen LogP contribution is -2.29. The molecule has 1 amide bonds. The number of hydrogen-bond acceptors (Lipinski definition) is 3. The van der Waals surface area contributed by atoms with E-state index in [2.05, 4.69) is 22.4 Å². The van der Waals surface area contributed by atoms with Crippen LogP contribution in [0.25, 0.3) is 0 Å². The molecule has 4 heteroatoms. The van der Waals surface area contributed by atoms with Gasteiger partial charge < -0.3 is 10.1 Å². The van der Waals surface area contributed by atoms with Crippen LogP contribution in [0.1, 0.15) is 27.5 Å². The summed E-state index contributed by atoms with van der Waals surface area (Å²) < 4.78 is 5.12. The van der Waals surface area contributed by atoms with Crippen molar-refractivity contribution >= 4 is 5.91 Å². The molecule has 1 unspecified atom stereocenters. The van der Waals surface area contributed by atoms with E-state index in [1.807, 2.05) is 36.4 Å². The lowest BCUT2D eigenvalue weighted by Gasteiger charge is -2.18. The van der Waals surface area contributed by atoms with Crippen LogP contribution in [-0.2, 0) is 0 Å². The largest absolute Gasteiger partial charge is 0.497 e. The van der Waals surface area contributed by atoms with Gasteiger partial charge in [0.05, 0.1) is 7.11 Å². The van der Waals surface area contributed by atoms with Crippen molar-refractivity contribution in [2.75, 3.05) is 13.7 Å². The van der Waals surface area contributed by atoms with E-state index in [4.69, 9.17) is 4.74 Å². The van der Waals surface area contributed by atoms with E-state index in [-0.39, 0.29) is 11.8 Å². The number of ether oxygens (including phenoxy) is 1. The molecule has 25 heavy (non-hydrogen) atoms. The minimum Gasteiger partial charge on any atom is -0.497 e. The molecule has 3 rings (SSSR count). The van der Waals surface area contributed by atoms with Crippen LogP contribution in [0.5, 0.6) is 5.75 Å². The van der Waals surface area contributed by atoms with Crippen LogP contribution < -0.4 is 10.1 Å². The first-order valence-corrected chi connectivity index (χ1v) is 8.16. The maximum Gasteiger partial charge on any atom is 0.251 e. The van der Waals surface area contributed by atoms with Gasteiger partial charge >= 0.3 is 0 Å².